The van der Waals surface area contributed by atoms with Crippen LogP contribution < -0.4 is 15.4 Å². The number of amides is 2. The molecule has 0 spiro atoms. The molecule has 0 bridgehead atoms. The number of urea groups is 1. The van der Waals surface area contributed by atoms with E-state index in [9.17, 15) is 18.0 Å². The highest BCUT2D eigenvalue weighted by Crippen LogP contribution is 2.32. The molecular weight excluding hydrogens is 323 g/mol. The maximum Gasteiger partial charge on any atom is 0.445 e. The lowest BCUT2D eigenvalue weighted by atomic mass is 10.3. The van der Waals surface area contributed by atoms with Gasteiger partial charge in [-0.3, -0.25) is 5.32 Å². The summed E-state index contributed by atoms with van der Waals surface area (Å²) in [5.41, 5.74) is 0.698. The number of alkyl halides is 3. The van der Waals surface area contributed by atoms with E-state index in [-0.39, 0.29) is 23.0 Å². The SMILES string of the molecule is COc1ccc(CNC(=O)Nc2nnc(C(F)(F)F)s2)cn1. The van der Waals surface area contributed by atoms with Gasteiger partial charge in [0.25, 0.3) is 0 Å². The molecule has 2 amide bonds. The lowest BCUT2D eigenvalue weighted by Gasteiger charge is -2.05. The van der Waals surface area contributed by atoms with E-state index < -0.39 is 17.2 Å². The number of hydrogen-bond acceptors (Lipinski definition) is 6. The number of rotatable bonds is 4. The van der Waals surface area contributed by atoms with Crippen LogP contribution >= 0.6 is 11.3 Å². The van der Waals surface area contributed by atoms with E-state index in [0.29, 0.717) is 11.4 Å². The first kappa shape index (κ1) is 15.9. The minimum Gasteiger partial charge on any atom is -0.481 e. The van der Waals surface area contributed by atoms with Crippen molar-refractivity contribution in [2.24, 2.45) is 0 Å². The van der Waals surface area contributed by atoms with Gasteiger partial charge in [0, 0.05) is 18.8 Å². The fourth-order valence-corrected chi connectivity index (χ4v) is 1.95. The molecule has 0 unspecified atom stereocenters. The molecule has 0 saturated heterocycles. The Kier molecular flexibility index (Phi) is 4.75. The van der Waals surface area contributed by atoms with Crippen LogP contribution in [0.1, 0.15) is 10.6 Å². The van der Waals surface area contributed by atoms with Gasteiger partial charge < -0.3 is 10.1 Å². The molecule has 0 aliphatic heterocycles. The highest BCUT2D eigenvalue weighted by molar-refractivity contribution is 7.15. The smallest absolute Gasteiger partial charge is 0.445 e. The summed E-state index contributed by atoms with van der Waals surface area (Å²) in [4.78, 5) is 15.5. The van der Waals surface area contributed by atoms with Crippen molar-refractivity contribution in [2.75, 3.05) is 12.4 Å². The van der Waals surface area contributed by atoms with Crippen molar-refractivity contribution >= 4 is 22.5 Å². The van der Waals surface area contributed by atoms with Crippen LogP contribution in [0.15, 0.2) is 18.3 Å². The summed E-state index contributed by atoms with van der Waals surface area (Å²) in [7, 11) is 1.48. The lowest BCUT2D eigenvalue weighted by Crippen LogP contribution is -2.28. The highest BCUT2D eigenvalue weighted by Gasteiger charge is 2.35. The molecule has 0 saturated carbocycles. The van der Waals surface area contributed by atoms with Gasteiger partial charge in [-0.05, 0) is 5.56 Å². The van der Waals surface area contributed by atoms with Gasteiger partial charge in [0.1, 0.15) is 0 Å². The zero-order valence-corrected chi connectivity index (χ0v) is 12.0. The number of hydrogen-bond donors (Lipinski definition) is 2. The summed E-state index contributed by atoms with van der Waals surface area (Å²) < 4.78 is 41.9. The predicted octanol–water partition coefficient (Wildman–Crippen LogP) is 2.28. The minimum absolute atomic E-state index is 0.147. The number of aromatic nitrogens is 3. The quantitative estimate of drug-likeness (QED) is 0.896. The number of nitrogens with one attached hydrogen (secondary N) is 2. The zero-order chi connectivity index (χ0) is 16.2. The fourth-order valence-electron chi connectivity index (χ4n) is 1.35. The van der Waals surface area contributed by atoms with Gasteiger partial charge in [0.05, 0.1) is 7.11 Å². The molecule has 0 aliphatic carbocycles. The number of carbonyl (C=O) groups is 1. The monoisotopic (exact) mass is 333 g/mol. The van der Waals surface area contributed by atoms with Crippen molar-refractivity contribution in [3.8, 4) is 5.88 Å². The molecule has 0 radical (unpaired) electrons. The van der Waals surface area contributed by atoms with Crippen LogP contribution in [0.25, 0.3) is 0 Å². The summed E-state index contributed by atoms with van der Waals surface area (Å²) in [6.07, 6.45) is -3.07. The molecule has 7 nitrogen and oxygen atoms in total. The maximum absolute atomic E-state index is 12.3. The Morgan fingerprint density at radius 2 is 2.14 bits per heavy atom. The van der Waals surface area contributed by atoms with Crippen LogP contribution in [0.2, 0.25) is 0 Å². The van der Waals surface area contributed by atoms with E-state index in [1.54, 1.807) is 12.1 Å². The van der Waals surface area contributed by atoms with Gasteiger partial charge in [-0.2, -0.15) is 13.2 Å². The molecular formula is C11H10F3N5O2S. The minimum atomic E-state index is -4.58. The Bertz CT molecular complexity index is 644. The molecule has 2 aromatic heterocycles. The number of anilines is 1. The molecule has 0 aliphatic rings. The molecule has 2 heterocycles. The first-order valence-corrected chi connectivity index (χ1v) is 6.64. The van der Waals surface area contributed by atoms with Gasteiger partial charge in [-0.25, -0.2) is 9.78 Å². The number of nitrogens with zero attached hydrogens (tertiary/aromatic N) is 3. The maximum atomic E-state index is 12.3. The van der Waals surface area contributed by atoms with Gasteiger partial charge in [0.2, 0.25) is 16.0 Å². The standard InChI is InChI=1S/C11H10F3N5O2S/c1-21-7-3-2-6(4-15-7)5-16-9(20)17-10-19-18-8(22-10)11(12,13)14/h2-4H,5H2,1H3,(H2,16,17,19,20). The zero-order valence-electron chi connectivity index (χ0n) is 11.1. The van der Waals surface area contributed by atoms with Crippen LogP contribution in [0.4, 0.5) is 23.1 Å². The van der Waals surface area contributed by atoms with Crippen LogP contribution in [-0.2, 0) is 12.7 Å². The molecule has 2 N–H and O–H groups in total. The van der Waals surface area contributed by atoms with Gasteiger partial charge in [-0.15, -0.1) is 10.2 Å². The van der Waals surface area contributed by atoms with E-state index in [4.69, 9.17) is 4.74 Å². The average Bonchev–Trinajstić information content (AvgIpc) is 2.94. The van der Waals surface area contributed by atoms with Crippen molar-refractivity contribution < 1.29 is 22.7 Å². The Morgan fingerprint density at radius 3 is 2.68 bits per heavy atom. The second kappa shape index (κ2) is 6.56. The lowest BCUT2D eigenvalue weighted by molar-refractivity contribution is -0.138. The second-order valence-electron chi connectivity index (χ2n) is 3.93. The van der Waals surface area contributed by atoms with Crippen molar-refractivity contribution in [1.82, 2.24) is 20.5 Å². The fraction of sp³-hybridized carbons (Fsp3) is 0.273. The third kappa shape index (κ3) is 4.28. The molecule has 0 atom stereocenters. The van der Waals surface area contributed by atoms with Gasteiger partial charge in [0.15, 0.2) is 0 Å². The van der Waals surface area contributed by atoms with Crippen molar-refractivity contribution in [3.05, 3.63) is 28.9 Å². The third-order valence-electron chi connectivity index (χ3n) is 2.35. The average molecular weight is 333 g/mol. The summed E-state index contributed by atoms with van der Waals surface area (Å²) in [5.74, 6) is 0.432. The van der Waals surface area contributed by atoms with E-state index in [1.807, 2.05) is 0 Å². The molecule has 2 rings (SSSR count). The summed E-state index contributed by atoms with van der Waals surface area (Å²) in [6.45, 7) is 0.147. The van der Waals surface area contributed by atoms with E-state index in [2.05, 4.69) is 25.8 Å². The van der Waals surface area contributed by atoms with Crippen molar-refractivity contribution in [1.29, 1.82) is 0 Å². The highest BCUT2D eigenvalue weighted by atomic mass is 32.1. The number of carbonyl (C=O) groups excluding carboxylic acids is 1. The van der Waals surface area contributed by atoms with E-state index in [1.165, 1.54) is 13.3 Å². The molecule has 0 aromatic carbocycles. The molecule has 22 heavy (non-hydrogen) atoms. The van der Waals surface area contributed by atoms with Crippen molar-refractivity contribution in [3.63, 3.8) is 0 Å². The van der Waals surface area contributed by atoms with Crippen LogP contribution in [0.5, 0.6) is 5.88 Å². The van der Waals surface area contributed by atoms with Crippen LogP contribution in [0, 0.1) is 0 Å². The molecule has 2 aromatic rings. The summed E-state index contributed by atoms with van der Waals surface area (Å²) in [5, 5.41) is 9.48. The Morgan fingerprint density at radius 1 is 1.36 bits per heavy atom. The van der Waals surface area contributed by atoms with E-state index in [0.717, 1.165) is 0 Å². The number of methoxy groups -OCH3 is 1. The largest absolute Gasteiger partial charge is 0.481 e. The third-order valence-corrected chi connectivity index (χ3v) is 3.23. The normalized spacial score (nSPS) is 11.1. The number of ether oxygens (including phenoxy) is 1. The summed E-state index contributed by atoms with van der Waals surface area (Å²) >= 11 is 0.247. The molecule has 118 valence electrons. The van der Waals surface area contributed by atoms with Gasteiger partial charge in [-0.1, -0.05) is 17.4 Å². The second-order valence-corrected chi connectivity index (χ2v) is 4.90. The first-order chi connectivity index (χ1) is 10.4. The molecule has 0 fully saturated rings. The van der Waals surface area contributed by atoms with E-state index >= 15 is 0 Å². The topological polar surface area (TPSA) is 89.0 Å². The Hall–Kier alpha value is -2.43. The first-order valence-electron chi connectivity index (χ1n) is 5.83. The predicted molar refractivity (Wildman–Crippen MR) is 71.6 cm³/mol. The van der Waals surface area contributed by atoms with Crippen molar-refractivity contribution in [2.45, 2.75) is 12.7 Å². The Labute approximate surface area is 126 Å². The molecule has 11 heteroatoms. The Balaban J connectivity index is 1.86. The van der Waals surface area contributed by atoms with Crippen LogP contribution in [0.3, 0.4) is 0 Å². The number of halogens is 3. The number of pyridine rings is 1. The van der Waals surface area contributed by atoms with Crippen LogP contribution in [-0.4, -0.2) is 28.3 Å². The van der Waals surface area contributed by atoms with Gasteiger partial charge >= 0.3 is 12.2 Å². The summed E-state index contributed by atoms with van der Waals surface area (Å²) in [6, 6.07) is 2.62.